The van der Waals surface area contributed by atoms with E-state index in [9.17, 15) is 19.5 Å². The Labute approximate surface area is 161 Å². The number of hydrogen-bond acceptors (Lipinski definition) is 6. The lowest BCUT2D eigenvalue weighted by Gasteiger charge is -2.27. The second-order valence-corrected chi connectivity index (χ2v) is 7.51. The molecule has 0 aliphatic carbocycles. The first-order chi connectivity index (χ1) is 12.3. The highest BCUT2D eigenvalue weighted by molar-refractivity contribution is 8.26. The van der Waals surface area contributed by atoms with Gasteiger partial charge in [0.05, 0.1) is 17.6 Å². The summed E-state index contributed by atoms with van der Waals surface area (Å²) in [4.78, 5) is 37.4. The van der Waals surface area contributed by atoms with Crippen molar-refractivity contribution >= 4 is 52.2 Å². The summed E-state index contributed by atoms with van der Waals surface area (Å²) < 4.78 is 4.88. The van der Waals surface area contributed by atoms with E-state index in [4.69, 9.17) is 12.2 Å². The normalized spacial score (nSPS) is 18.1. The third-order valence-electron chi connectivity index (χ3n) is 4.17. The third kappa shape index (κ3) is 4.13. The van der Waals surface area contributed by atoms with Crippen LogP contribution in [-0.4, -0.2) is 45.3 Å². The van der Waals surface area contributed by atoms with E-state index in [0.717, 1.165) is 11.8 Å². The zero-order chi connectivity index (χ0) is 19.4. The van der Waals surface area contributed by atoms with E-state index in [1.54, 1.807) is 37.3 Å². The molecule has 0 aromatic heterocycles. The minimum Gasteiger partial charge on any atom is -0.480 e. The van der Waals surface area contributed by atoms with Gasteiger partial charge < -0.3 is 9.84 Å². The number of esters is 1. The number of methoxy groups -OCH3 is 1. The Morgan fingerprint density at radius 2 is 1.96 bits per heavy atom. The largest absolute Gasteiger partial charge is 0.480 e. The fourth-order valence-corrected chi connectivity index (χ4v) is 3.87. The van der Waals surface area contributed by atoms with Crippen molar-refractivity contribution in [3.63, 3.8) is 0 Å². The summed E-state index contributed by atoms with van der Waals surface area (Å²) in [5, 5.41) is 9.53. The first kappa shape index (κ1) is 20.1. The van der Waals surface area contributed by atoms with Crippen LogP contribution in [0.3, 0.4) is 0 Å². The van der Waals surface area contributed by atoms with Gasteiger partial charge >= 0.3 is 11.9 Å². The number of carbonyl (C=O) groups excluding carboxylic acids is 2. The van der Waals surface area contributed by atoms with Crippen molar-refractivity contribution < 1.29 is 24.2 Å². The van der Waals surface area contributed by atoms with Crippen molar-refractivity contribution in [3.05, 3.63) is 40.3 Å². The lowest BCUT2D eigenvalue weighted by atomic mass is 9.98. The van der Waals surface area contributed by atoms with E-state index in [0.29, 0.717) is 22.5 Å². The van der Waals surface area contributed by atoms with E-state index >= 15 is 0 Å². The molecular weight excluding hydrogens is 374 g/mol. The summed E-state index contributed by atoms with van der Waals surface area (Å²) >= 11 is 6.33. The smallest absolute Gasteiger partial charge is 0.337 e. The lowest BCUT2D eigenvalue weighted by molar-refractivity contribution is -0.147. The molecule has 1 fully saturated rings. The number of ether oxygens (including phenoxy) is 1. The number of benzene rings is 1. The summed E-state index contributed by atoms with van der Waals surface area (Å²) in [5.74, 6) is -2.15. The van der Waals surface area contributed by atoms with Crippen molar-refractivity contribution in [2.45, 2.75) is 26.3 Å². The Balaban J connectivity index is 2.28. The predicted octanol–water partition coefficient (Wildman–Crippen LogP) is 3.17. The van der Waals surface area contributed by atoms with Crippen molar-refractivity contribution in [3.8, 4) is 0 Å². The molecule has 0 bridgehead atoms. The Kier molecular flexibility index (Phi) is 6.55. The second kappa shape index (κ2) is 8.46. The van der Waals surface area contributed by atoms with Crippen LogP contribution in [0.5, 0.6) is 0 Å². The molecule has 1 N–H and O–H groups in total. The zero-order valence-electron chi connectivity index (χ0n) is 14.6. The van der Waals surface area contributed by atoms with Gasteiger partial charge in [-0.2, -0.15) is 0 Å². The van der Waals surface area contributed by atoms with Crippen molar-refractivity contribution in [2.24, 2.45) is 5.92 Å². The number of carbonyl (C=O) groups is 3. The van der Waals surface area contributed by atoms with E-state index in [1.807, 2.05) is 6.92 Å². The van der Waals surface area contributed by atoms with Crippen LogP contribution >= 0.6 is 24.0 Å². The Hall–Kier alpha value is -2.19. The molecular formula is C18H19NO5S2. The number of carboxylic acid groups (broad SMARTS) is 1. The number of aliphatic carboxylic acids is 1. The number of hydrogen-bond donors (Lipinski definition) is 1. The van der Waals surface area contributed by atoms with Gasteiger partial charge in [-0.15, -0.1) is 0 Å². The number of nitrogens with zero attached hydrogens (tertiary/aromatic N) is 1. The lowest BCUT2D eigenvalue weighted by Crippen LogP contribution is -2.47. The number of carboxylic acids is 1. The van der Waals surface area contributed by atoms with Gasteiger partial charge in [0.2, 0.25) is 0 Å². The summed E-state index contributed by atoms with van der Waals surface area (Å²) in [7, 11) is 1.30. The molecule has 0 saturated carbocycles. The van der Waals surface area contributed by atoms with Crippen molar-refractivity contribution in [1.82, 2.24) is 4.90 Å². The van der Waals surface area contributed by atoms with Crippen LogP contribution in [-0.2, 0) is 14.3 Å². The molecule has 0 spiro atoms. The number of thiocarbonyl (C=S) groups is 1. The van der Waals surface area contributed by atoms with Crippen LogP contribution in [0, 0.1) is 5.92 Å². The van der Waals surface area contributed by atoms with Crippen LogP contribution in [0.1, 0.15) is 36.2 Å². The average Bonchev–Trinajstić information content (AvgIpc) is 2.89. The van der Waals surface area contributed by atoms with Crippen LogP contribution in [0.15, 0.2) is 29.2 Å². The number of amides is 1. The van der Waals surface area contributed by atoms with Gasteiger partial charge in [0, 0.05) is 0 Å². The Morgan fingerprint density at radius 3 is 2.46 bits per heavy atom. The van der Waals surface area contributed by atoms with Gasteiger partial charge in [-0.05, 0) is 29.7 Å². The minimum atomic E-state index is -1.07. The molecule has 0 unspecified atom stereocenters. The van der Waals surface area contributed by atoms with Crippen LogP contribution in [0.4, 0.5) is 0 Å². The van der Waals surface area contributed by atoms with Gasteiger partial charge in [0.1, 0.15) is 10.4 Å². The Morgan fingerprint density at radius 1 is 1.35 bits per heavy atom. The first-order valence-electron chi connectivity index (χ1n) is 7.98. The maximum absolute atomic E-state index is 12.7. The summed E-state index contributed by atoms with van der Waals surface area (Å²) in [6.07, 6.45) is 2.25. The zero-order valence-corrected chi connectivity index (χ0v) is 16.2. The number of thioether (sulfide) groups is 1. The summed E-state index contributed by atoms with van der Waals surface area (Å²) in [6, 6.07) is 5.57. The molecule has 0 radical (unpaired) electrons. The fourth-order valence-electron chi connectivity index (χ4n) is 2.54. The standard InChI is InChI=1S/C18H19NO5S2/c1-4-10(2)14(16(21)22)19-15(20)13(26-18(19)25)9-11-5-7-12(8-6-11)17(23)24-3/h5-10,14H,4H2,1-3H3,(H,21,22)/b13-9-/t10-,14+/m0/s1. The molecule has 1 aliphatic rings. The summed E-state index contributed by atoms with van der Waals surface area (Å²) in [5.41, 5.74) is 1.11. The molecule has 8 heteroatoms. The van der Waals surface area contributed by atoms with Crippen molar-refractivity contribution in [2.75, 3.05) is 7.11 Å². The summed E-state index contributed by atoms with van der Waals surface area (Å²) in [6.45, 7) is 3.66. The molecule has 1 heterocycles. The van der Waals surface area contributed by atoms with Gasteiger partial charge in [-0.25, -0.2) is 9.59 Å². The molecule has 2 rings (SSSR count). The molecule has 1 aromatic rings. The van der Waals surface area contributed by atoms with Gasteiger partial charge in [-0.1, -0.05) is 56.4 Å². The average molecular weight is 393 g/mol. The van der Waals surface area contributed by atoms with Gasteiger partial charge in [-0.3, -0.25) is 9.69 Å². The minimum absolute atomic E-state index is 0.228. The van der Waals surface area contributed by atoms with Gasteiger partial charge in [0.25, 0.3) is 5.91 Å². The van der Waals surface area contributed by atoms with E-state index < -0.39 is 23.9 Å². The molecule has 6 nitrogen and oxygen atoms in total. The van der Waals surface area contributed by atoms with Crippen LogP contribution in [0.25, 0.3) is 6.08 Å². The molecule has 1 aromatic carbocycles. The van der Waals surface area contributed by atoms with Gasteiger partial charge in [0.15, 0.2) is 0 Å². The van der Waals surface area contributed by atoms with E-state index in [2.05, 4.69) is 4.74 Å². The third-order valence-corrected chi connectivity index (χ3v) is 5.50. The highest BCUT2D eigenvalue weighted by atomic mass is 32.2. The second-order valence-electron chi connectivity index (χ2n) is 5.83. The maximum atomic E-state index is 12.7. The fraction of sp³-hybridized carbons (Fsp3) is 0.333. The number of rotatable bonds is 6. The predicted molar refractivity (Wildman–Crippen MR) is 104 cm³/mol. The van der Waals surface area contributed by atoms with Crippen LogP contribution < -0.4 is 0 Å². The molecule has 2 atom stereocenters. The first-order valence-corrected chi connectivity index (χ1v) is 9.20. The molecule has 1 saturated heterocycles. The maximum Gasteiger partial charge on any atom is 0.337 e. The highest BCUT2D eigenvalue weighted by Gasteiger charge is 2.42. The highest BCUT2D eigenvalue weighted by Crippen LogP contribution is 2.36. The molecule has 138 valence electrons. The van der Waals surface area contributed by atoms with E-state index in [-0.39, 0.29) is 10.2 Å². The Bertz CT molecular complexity index is 772. The molecule has 1 amide bonds. The molecule has 26 heavy (non-hydrogen) atoms. The van der Waals surface area contributed by atoms with Crippen LogP contribution in [0.2, 0.25) is 0 Å². The monoisotopic (exact) mass is 393 g/mol. The van der Waals surface area contributed by atoms with E-state index in [1.165, 1.54) is 12.0 Å². The topological polar surface area (TPSA) is 83.9 Å². The SMILES string of the molecule is CC[C@H](C)[C@H](C(=O)O)N1C(=O)/C(=C/c2ccc(C(=O)OC)cc2)SC1=S. The quantitative estimate of drug-likeness (QED) is 0.451. The molecule has 1 aliphatic heterocycles. The van der Waals surface area contributed by atoms with Crippen molar-refractivity contribution in [1.29, 1.82) is 0 Å².